The van der Waals surface area contributed by atoms with Gasteiger partial charge in [0, 0.05) is 57.7 Å². The maximum Gasteiger partial charge on any atom is 0.312 e. The first kappa shape index (κ1) is 35.5. The number of aliphatic hydroxyl groups excluding tert-OH is 1. The predicted octanol–water partition coefficient (Wildman–Crippen LogP) is 5.99. The number of rotatable bonds is 9. The minimum absolute atomic E-state index is 0. The van der Waals surface area contributed by atoms with Gasteiger partial charge in [-0.2, -0.15) is 0 Å². The molecule has 43 heavy (non-hydrogen) atoms. The molecule has 0 unspecified atom stereocenters. The zero-order chi connectivity index (χ0) is 31.0. The summed E-state index contributed by atoms with van der Waals surface area (Å²) < 4.78 is 11.9. The van der Waals surface area contributed by atoms with E-state index < -0.39 is 5.41 Å². The SMILES string of the molecule is CCOC(=O)C(C)(C)[C@@H](c1ccc(C)c(CN2Cc3cnccc3O[C@H](CC)C2)c1)c1ccc(NC)c(N)c1C.CO.N. The van der Waals surface area contributed by atoms with Crippen molar-refractivity contribution in [1.82, 2.24) is 16.0 Å². The number of benzene rings is 2. The molecule has 1 aliphatic rings. The molecule has 0 aliphatic carbocycles. The summed E-state index contributed by atoms with van der Waals surface area (Å²) in [5.41, 5.74) is 13.9. The number of pyridine rings is 1. The van der Waals surface area contributed by atoms with Crippen molar-refractivity contribution in [3.8, 4) is 5.75 Å². The number of aryl methyl sites for hydroxylation is 1. The first-order valence-corrected chi connectivity index (χ1v) is 14.7. The van der Waals surface area contributed by atoms with Crippen LogP contribution in [-0.4, -0.2) is 54.4 Å². The third-order valence-electron chi connectivity index (χ3n) is 8.22. The van der Waals surface area contributed by atoms with Crippen LogP contribution >= 0.6 is 0 Å². The summed E-state index contributed by atoms with van der Waals surface area (Å²) in [6, 6.07) is 12.6. The van der Waals surface area contributed by atoms with Crippen LogP contribution in [0, 0.1) is 19.3 Å². The smallest absolute Gasteiger partial charge is 0.312 e. The van der Waals surface area contributed by atoms with Gasteiger partial charge in [-0.05, 0) is 81.0 Å². The molecule has 236 valence electrons. The van der Waals surface area contributed by atoms with Crippen molar-refractivity contribution in [2.24, 2.45) is 5.41 Å². The Morgan fingerprint density at radius 1 is 1.21 bits per heavy atom. The highest BCUT2D eigenvalue weighted by Crippen LogP contribution is 2.45. The van der Waals surface area contributed by atoms with E-state index in [2.05, 4.69) is 53.3 Å². The summed E-state index contributed by atoms with van der Waals surface area (Å²) in [7, 11) is 2.86. The van der Waals surface area contributed by atoms with Crippen molar-refractivity contribution >= 4 is 17.3 Å². The van der Waals surface area contributed by atoms with E-state index in [0.29, 0.717) is 12.3 Å². The van der Waals surface area contributed by atoms with Gasteiger partial charge in [-0.15, -0.1) is 0 Å². The molecule has 0 spiro atoms. The fourth-order valence-electron chi connectivity index (χ4n) is 5.77. The summed E-state index contributed by atoms with van der Waals surface area (Å²) >= 11 is 0. The number of nitrogen functional groups attached to an aromatic ring is 1. The first-order chi connectivity index (χ1) is 20.1. The van der Waals surface area contributed by atoms with Crippen LogP contribution in [0.2, 0.25) is 0 Å². The molecule has 2 atom stereocenters. The second-order valence-electron chi connectivity index (χ2n) is 11.4. The van der Waals surface area contributed by atoms with E-state index in [1.807, 2.05) is 53.1 Å². The number of nitrogens with zero attached hydrogens (tertiary/aromatic N) is 2. The Bertz CT molecular complexity index is 1360. The number of carbonyl (C=O) groups excluding carboxylic acids is 1. The van der Waals surface area contributed by atoms with E-state index in [9.17, 15) is 4.79 Å². The molecule has 0 amide bonds. The normalized spacial score (nSPS) is 15.4. The van der Waals surface area contributed by atoms with Gasteiger partial charge in [-0.25, -0.2) is 0 Å². The molecule has 0 bridgehead atoms. The number of nitrogens with one attached hydrogen (secondary N) is 1. The average Bonchev–Trinajstić information content (AvgIpc) is 3.17. The van der Waals surface area contributed by atoms with E-state index in [-0.39, 0.29) is 24.1 Å². The molecule has 0 radical (unpaired) electrons. The number of carbonyl (C=O) groups is 1. The lowest BCUT2D eigenvalue weighted by Crippen LogP contribution is -2.35. The highest BCUT2D eigenvalue weighted by molar-refractivity contribution is 5.80. The molecule has 9 heteroatoms. The first-order valence-electron chi connectivity index (χ1n) is 14.7. The number of nitrogens with two attached hydrogens (primary N) is 1. The summed E-state index contributed by atoms with van der Waals surface area (Å²) in [6.07, 6.45) is 4.73. The number of aliphatic hydroxyl groups is 1. The van der Waals surface area contributed by atoms with Crippen molar-refractivity contribution < 1.29 is 19.4 Å². The van der Waals surface area contributed by atoms with Crippen LogP contribution in [0.5, 0.6) is 5.75 Å². The second-order valence-corrected chi connectivity index (χ2v) is 11.4. The number of aromatic nitrogens is 1. The predicted molar refractivity (Wildman–Crippen MR) is 175 cm³/mol. The topological polar surface area (TPSA) is 145 Å². The maximum atomic E-state index is 13.4. The highest BCUT2D eigenvalue weighted by Gasteiger charge is 2.41. The van der Waals surface area contributed by atoms with Crippen molar-refractivity contribution in [2.75, 3.05) is 38.4 Å². The van der Waals surface area contributed by atoms with E-state index in [1.165, 1.54) is 11.1 Å². The van der Waals surface area contributed by atoms with E-state index in [0.717, 1.165) is 66.9 Å². The Balaban J connectivity index is 0.00000211. The van der Waals surface area contributed by atoms with Crippen LogP contribution < -0.4 is 21.9 Å². The van der Waals surface area contributed by atoms with Gasteiger partial charge in [0.2, 0.25) is 0 Å². The quantitative estimate of drug-likeness (QED) is 0.174. The average molecular weight is 594 g/mol. The molecule has 1 aromatic heterocycles. The molecule has 0 fully saturated rings. The summed E-state index contributed by atoms with van der Waals surface area (Å²) in [4.78, 5) is 20.1. The van der Waals surface area contributed by atoms with Crippen molar-refractivity contribution in [2.45, 2.75) is 73.1 Å². The van der Waals surface area contributed by atoms with Crippen LogP contribution in [0.1, 0.15) is 73.4 Å². The van der Waals surface area contributed by atoms with Gasteiger partial charge in [-0.1, -0.05) is 31.2 Å². The van der Waals surface area contributed by atoms with Gasteiger partial charge < -0.3 is 31.8 Å². The van der Waals surface area contributed by atoms with Crippen molar-refractivity contribution in [1.29, 1.82) is 0 Å². The Morgan fingerprint density at radius 2 is 1.93 bits per heavy atom. The van der Waals surface area contributed by atoms with Crippen molar-refractivity contribution in [3.05, 3.63) is 82.2 Å². The molecular weight excluding hydrogens is 542 g/mol. The molecule has 0 saturated heterocycles. The molecule has 7 N–H and O–H groups in total. The minimum atomic E-state index is -0.824. The molecule has 3 aromatic rings. The molecule has 0 saturated carbocycles. The lowest BCUT2D eigenvalue weighted by Gasteiger charge is -2.35. The molecule has 9 nitrogen and oxygen atoms in total. The summed E-state index contributed by atoms with van der Waals surface area (Å²) in [5, 5.41) is 10.2. The highest BCUT2D eigenvalue weighted by atomic mass is 16.5. The van der Waals surface area contributed by atoms with Crippen molar-refractivity contribution in [3.63, 3.8) is 0 Å². The van der Waals surface area contributed by atoms with Crippen LogP contribution in [-0.2, 0) is 22.6 Å². The largest absolute Gasteiger partial charge is 0.489 e. The van der Waals surface area contributed by atoms with Gasteiger partial charge in [0.1, 0.15) is 11.9 Å². The zero-order valence-corrected chi connectivity index (χ0v) is 27.2. The number of fused-ring (bicyclic) bond motifs is 1. The Labute approximate surface area is 257 Å². The van der Waals surface area contributed by atoms with E-state index in [4.69, 9.17) is 20.3 Å². The van der Waals surface area contributed by atoms with Gasteiger partial charge in [0.15, 0.2) is 0 Å². The molecule has 2 heterocycles. The lowest BCUT2D eigenvalue weighted by atomic mass is 9.69. The fraction of sp³-hybridized carbons (Fsp3) is 0.471. The zero-order valence-electron chi connectivity index (χ0n) is 27.2. The number of hydrogen-bond acceptors (Lipinski definition) is 9. The summed E-state index contributed by atoms with van der Waals surface area (Å²) in [5.74, 6) is 0.446. The van der Waals surface area contributed by atoms with Gasteiger partial charge >= 0.3 is 5.97 Å². The molecular formula is C34H51N5O4. The second kappa shape index (κ2) is 15.7. The lowest BCUT2D eigenvalue weighted by molar-refractivity contribution is -0.154. The van der Waals surface area contributed by atoms with E-state index >= 15 is 0 Å². The standard InChI is InChI=1S/C33H44N4O3.CH4O.H3N/c1-8-26-20-37(19-25-17-36-15-14-29(25)40-26)18-24-16-23(11-10-21(24)3)30(33(5,6)32(38)39-9-2)27-12-13-28(35-7)31(34)22(27)4;1-2;/h10-17,26,30,35H,8-9,18-20,34H2,1-7H3;2H,1H3;1H3/t26-,30+;;/m1../s1. The third-order valence-corrected chi connectivity index (χ3v) is 8.22. The summed E-state index contributed by atoms with van der Waals surface area (Å²) in [6.45, 7) is 14.8. The number of anilines is 2. The Morgan fingerprint density at radius 3 is 2.58 bits per heavy atom. The fourth-order valence-corrected chi connectivity index (χ4v) is 5.77. The van der Waals surface area contributed by atoms with Gasteiger partial charge in [-0.3, -0.25) is 14.7 Å². The monoisotopic (exact) mass is 593 g/mol. The number of esters is 1. The number of ether oxygens (including phenoxy) is 2. The van der Waals surface area contributed by atoms with Gasteiger partial charge in [0.05, 0.1) is 23.4 Å². The van der Waals surface area contributed by atoms with Crippen LogP contribution in [0.15, 0.2) is 48.8 Å². The van der Waals surface area contributed by atoms with Crippen LogP contribution in [0.25, 0.3) is 0 Å². The van der Waals surface area contributed by atoms with Crippen LogP contribution in [0.3, 0.4) is 0 Å². The third kappa shape index (κ3) is 7.84. The Hall–Kier alpha value is -3.66. The maximum absolute atomic E-state index is 13.4. The van der Waals surface area contributed by atoms with Crippen LogP contribution in [0.4, 0.5) is 11.4 Å². The molecule has 1 aliphatic heterocycles. The molecule has 2 aromatic carbocycles. The molecule has 4 rings (SSSR count). The van der Waals surface area contributed by atoms with E-state index in [1.54, 1.807) is 6.20 Å². The van der Waals surface area contributed by atoms with Gasteiger partial charge in [0.25, 0.3) is 0 Å². The Kier molecular flexibility index (Phi) is 13.0. The minimum Gasteiger partial charge on any atom is -0.489 e. The number of hydrogen-bond donors (Lipinski definition) is 4.